The molecule has 1 aromatic heterocycles. The fourth-order valence-electron chi connectivity index (χ4n) is 10.7. The molecule has 1 fully saturated rings. The van der Waals surface area contributed by atoms with E-state index in [4.69, 9.17) is 9.47 Å². The predicted octanol–water partition coefficient (Wildman–Crippen LogP) is 6.82. The number of alkyl carbamates (subject to hydrolysis) is 1. The number of esters is 1. The maximum atomic E-state index is 15.3. The molecule has 19 nitrogen and oxygen atoms in total. The summed E-state index contributed by atoms with van der Waals surface area (Å²) in [6, 6.07) is 40.1. The molecule has 1 saturated carbocycles. The van der Waals surface area contributed by atoms with Crippen LogP contribution < -0.4 is 37.2 Å². The number of rotatable bonds is 26. The number of methoxy groups -OCH3 is 1. The van der Waals surface area contributed by atoms with Crippen molar-refractivity contribution in [2.75, 3.05) is 7.11 Å². The lowest BCUT2D eigenvalue weighted by Gasteiger charge is -2.37. The van der Waals surface area contributed by atoms with E-state index in [0.29, 0.717) is 24.1 Å². The Morgan fingerprint density at radius 1 is 0.547 bits per heavy atom. The molecule has 7 amide bonds. The first-order valence-electron chi connectivity index (χ1n) is 29.3. The SMILES string of the molecule is COC(=O)[C@H](Cc1ccccc1)NC(=O)[C@@H](Cc1ccccc1)NC(=O)[C@H](CCC(=O)NC(c1ccccc1)(c1ccccc1)c1ccccc1)NC(=O)[C@@H](NC(=O)C(C)(C)NC(=O)[C@H](Cc1cn(C)cn1)NC(=O)OC(C)(C)C)C1CCCCC1. The number of benzene rings is 5. The molecular weight excluding hydrogens is 1090 g/mol. The number of aromatic nitrogens is 2. The van der Waals surface area contributed by atoms with E-state index in [-0.39, 0.29) is 32.1 Å². The van der Waals surface area contributed by atoms with Crippen LogP contribution in [0, 0.1) is 5.92 Å². The highest BCUT2D eigenvalue weighted by atomic mass is 16.6. The van der Waals surface area contributed by atoms with Crippen molar-refractivity contribution in [2.24, 2.45) is 13.0 Å². The maximum Gasteiger partial charge on any atom is 0.408 e. The molecule has 7 N–H and O–H groups in total. The van der Waals surface area contributed by atoms with Gasteiger partial charge in [-0.05, 0) is 87.6 Å². The third kappa shape index (κ3) is 18.2. The van der Waals surface area contributed by atoms with Crippen molar-refractivity contribution in [1.82, 2.24) is 46.8 Å². The van der Waals surface area contributed by atoms with Crippen molar-refractivity contribution >= 4 is 47.5 Å². The Labute approximate surface area is 503 Å². The molecule has 0 radical (unpaired) electrons. The summed E-state index contributed by atoms with van der Waals surface area (Å²) < 4.78 is 12.3. The summed E-state index contributed by atoms with van der Waals surface area (Å²) in [4.78, 5) is 120. The Hall–Kier alpha value is -9.13. The van der Waals surface area contributed by atoms with Gasteiger partial charge in [-0.1, -0.05) is 171 Å². The summed E-state index contributed by atoms with van der Waals surface area (Å²) >= 11 is 0. The van der Waals surface area contributed by atoms with Crippen LogP contribution in [-0.2, 0) is 74.9 Å². The minimum Gasteiger partial charge on any atom is -0.467 e. The second kappa shape index (κ2) is 30.1. The van der Waals surface area contributed by atoms with E-state index in [1.807, 2.05) is 127 Å². The van der Waals surface area contributed by atoms with Crippen molar-refractivity contribution in [2.45, 2.75) is 146 Å². The van der Waals surface area contributed by atoms with Gasteiger partial charge in [0.15, 0.2) is 0 Å². The Kier molecular flexibility index (Phi) is 22.5. The summed E-state index contributed by atoms with van der Waals surface area (Å²) in [7, 11) is 2.98. The highest BCUT2D eigenvalue weighted by Crippen LogP contribution is 2.37. The molecule has 1 aliphatic rings. The molecular formula is C67H81N9O10. The lowest BCUT2D eigenvalue weighted by atomic mass is 9.77. The smallest absolute Gasteiger partial charge is 0.408 e. The monoisotopic (exact) mass is 1170 g/mol. The third-order valence-electron chi connectivity index (χ3n) is 15.1. The predicted molar refractivity (Wildman–Crippen MR) is 325 cm³/mol. The lowest BCUT2D eigenvalue weighted by molar-refractivity contribution is -0.145. The normalized spacial score (nSPS) is 14.5. The zero-order valence-corrected chi connectivity index (χ0v) is 50.1. The minimum atomic E-state index is -1.69. The average molecular weight is 1170 g/mol. The fourth-order valence-corrected chi connectivity index (χ4v) is 10.7. The summed E-state index contributed by atoms with van der Waals surface area (Å²) in [5.41, 5.74) is 0.374. The van der Waals surface area contributed by atoms with Gasteiger partial charge in [-0.2, -0.15) is 0 Å². The van der Waals surface area contributed by atoms with Crippen molar-refractivity contribution in [3.63, 3.8) is 0 Å². The standard InChI is InChI=1S/C67H81N9O10/c1-65(2,3)86-64(84)72-54(42-51-43-76(6)44-68-51)60(80)75-66(4,5)63(83)73-57(47-30-18-10-19-31-47)61(81)69-52(38-39-56(77)74-67(48-32-20-11-21-33-48,49-34-22-12-23-35-49)50-36-24-13-25-37-50)58(78)70-53(40-45-26-14-8-15-27-45)59(79)71-55(62(82)85-7)41-46-28-16-9-17-29-46/h8-9,11-17,20-29,32-37,43-44,47,52-55,57H,10,18-19,30-31,38-42H2,1-7H3,(H,69,81)(H,70,78)(H,71,79)(H,72,84)(H,73,83)(H,74,77)(H,75,80)/t52-,53+,54-,55-,57-/m0/s1. The molecule has 0 aliphatic heterocycles. The number of aryl methyl sites for hydroxylation is 1. The van der Waals surface area contributed by atoms with Gasteiger partial charge in [0.2, 0.25) is 35.4 Å². The Morgan fingerprint density at radius 2 is 1.01 bits per heavy atom. The van der Waals surface area contributed by atoms with Crippen LogP contribution in [0.2, 0.25) is 0 Å². The number of hydrogen-bond acceptors (Lipinski definition) is 11. The van der Waals surface area contributed by atoms with Gasteiger partial charge in [0, 0.05) is 38.9 Å². The number of imidazole rings is 1. The Morgan fingerprint density at radius 3 is 1.50 bits per heavy atom. The van der Waals surface area contributed by atoms with Crippen LogP contribution in [0.1, 0.15) is 113 Å². The molecule has 0 bridgehead atoms. The Balaban J connectivity index is 1.21. The summed E-state index contributed by atoms with van der Waals surface area (Å²) in [6.07, 6.45) is 5.27. The van der Waals surface area contributed by atoms with E-state index in [0.717, 1.165) is 41.5 Å². The number of nitrogens with one attached hydrogen (secondary N) is 7. The quantitative estimate of drug-likeness (QED) is 0.0219. The molecule has 5 aromatic carbocycles. The van der Waals surface area contributed by atoms with Gasteiger partial charge in [-0.3, -0.25) is 28.8 Å². The van der Waals surface area contributed by atoms with Gasteiger partial charge in [-0.25, -0.2) is 14.6 Å². The van der Waals surface area contributed by atoms with Crippen LogP contribution in [0.5, 0.6) is 0 Å². The van der Waals surface area contributed by atoms with Gasteiger partial charge in [0.05, 0.1) is 19.1 Å². The first kappa shape index (κ1) is 64.4. The number of hydrogen-bond donors (Lipinski definition) is 7. The molecule has 454 valence electrons. The largest absolute Gasteiger partial charge is 0.467 e. The first-order chi connectivity index (χ1) is 41.1. The van der Waals surface area contributed by atoms with Gasteiger partial charge in [0.1, 0.15) is 46.9 Å². The van der Waals surface area contributed by atoms with Crippen LogP contribution in [0.15, 0.2) is 164 Å². The zero-order valence-electron chi connectivity index (χ0n) is 50.1. The van der Waals surface area contributed by atoms with Crippen LogP contribution in [-0.4, -0.2) is 106 Å². The van der Waals surface area contributed by atoms with Gasteiger partial charge in [-0.15, -0.1) is 0 Å². The number of ether oxygens (including phenoxy) is 2. The van der Waals surface area contributed by atoms with Crippen LogP contribution in [0.4, 0.5) is 4.79 Å². The van der Waals surface area contributed by atoms with Gasteiger partial charge >= 0.3 is 12.1 Å². The van der Waals surface area contributed by atoms with Crippen molar-refractivity contribution in [3.05, 3.63) is 198 Å². The number of carbonyl (C=O) groups excluding carboxylic acids is 8. The van der Waals surface area contributed by atoms with Crippen molar-refractivity contribution in [3.8, 4) is 0 Å². The molecule has 7 rings (SSSR count). The van der Waals surface area contributed by atoms with Gasteiger partial charge < -0.3 is 51.3 Å². The lowest BCUT2D eigenvalue weighted by Crippen LogP contribution is -2.64. The van der Waals surface area contributed by atoms with Crippen LogP contribution in [0.25, 0.3) is 0 Å². The molecule has 0 unspecified atom stereocenters. The highest BCUT2D eigenvalue weighted by molar-refractivity contribution is 5.98. The molecule has 1 aliphatic carbocycles. The second-order valence-corrected chi connectivity index (χ2v) is 23.4. The van der Waals surface area contributed by atoms with E-state index >= 15 is 9.59 Å². The Bertz CT molecular complexity index is 3130. The summed E-state index contributed by atoms with van der Waals surface area (Å²) in [5, 5.41) is 20.2. The van der Waals surface area contributed by atoms with Crippen molar-refractivity contribution < 1.29 is 47.8 Å². The molecule has 5 atom stereocenters. The summed E-state index contributed by atoms with van der Waals surface area (Å²) in [6.45, 7) is 8.00. The van der Waals surface area contributed by atoms with E-state index in [9.17, 15) is 28.8 Å². The molecule has 0 saturated heterocycles. The second-order valence-electron chi connectivity index (χ2n) is 23.4. The molecule has 6 aromatic rings. The average Bonchev–Trinajstić information content (AvgIpc) is 1.13. The zero-order chi connectivity index (χ0) is 61.9. The number of amides is 7. The highest BCUT2D eigenvalue weighted by Gasteiger charge is 2.42. The molecule has 86 heavy (non-hydrogen) atoms. The van der Waals surface area contributed by atoms with Gasteiger partial charge in [0.25, 0.3) is 0 Å². The van der Waals surface area contributed by atoms with E-state index in [1.54, 1.807) is 69.2 Å². The molecule has 19 heteroatoms. The minimum absolute atomic E-state index is 0.0376. The number of carbonyl (C=O) groups is 8. The van der Waals surface area contributed by atoms with E-state index < -0.39 is 100 Å². The van der Waals surface area contributed by atoms with E-state index in [2.05, 4.69) is 42.2 Å². The molecule has 1 heterocycles. The van der Waals surface area contributed by atoms with Crippen LogP contribution >= 0.6 is 0 Å². The van der Waals surface area contributed by atoms with Crippen molar-refractivity contribution in [1.29, 1.82) is 0 Å². The van der Waals surface area contributed by atoms with E-state index in [1.165, 1.54) is 21.0 Å². The maximum absolute atomic E-state index is 15.3. The summed E-state index contributed by atoms with van der Waals surface area (Å²) in [5.74, 6) is -5.34. The third-order valence-corrected chi connectivity index (χ3v) is 15.1. The number of nitrogens with zero attached hydrogens (tertiary/aromatic N) is 2. The van der Waals surface area contributed by atoms with Crippen LogP contribution in [0.3, 0.4) is 0 Å². The fraction of sp³-hybridized carbons (Fsp3) is 0.388. The topological polar surface area (TPSA) is 257 Å². The molecule has 0 spiro atoms. The first-order valence-corrected chi connectivity index (χ1v) is 29.3.